The number of aryl methyl sites for hydroxylation is 1. The van der Waals surface area contributed by atoms with E-state index in [9.17, 15) is 0 Å². The summed E-state index contributed by atoms with van der Waals surface area (Å²) < 4.78 is 5.54. The lowest BCUT2D eigenvalue weighted by Gasteiger charge is -2.44. The van der Waals surface area contributed by atoms with Gasteiger partial charge < -0.3 is 10.1 Å². The van der Waals surface area contributed by atoms with E-state index in [1.807, 2.05) is 0 Å². The molecular weight excluding hydrogens is 246 g/mol. The number of nitrogens with one attached hydrogen (secondary N) is 1. The van der Waals surface area contributed by atoms with Gasteiger partial charge in [-0.15, -0.1) is 0 Å². The number of rotatable bonds is 5. The van der Waals surface area contributed by atoms with Gasteiger partial charge in [-0.05, 0) is 64.0 Å². The number of ether oxygens (including phenoxy) is 1. The van der Waals surface area contributed by atoms with Crippen LogP contribution in [-0.2, 0) is 6.42 Å². The quantitative estimate of drug-likeness (QED) is 0.873. The van der Waals surface area contributed by atoms with Gasteiger partial charge in [0.05, 0.1) is 7.11 Å². The van der Waals surface area contributed by atoms with Crippen LogP contribution >= 0.6 is 0 Å². The summed E-state index contributed by atoms with van der Waals surface area (Å²) in [5.74, 6) is 1.04. The average Bonchev–Trinajstić information content (AvgIpc) is 2.31. The number of benzene rings is 1. The van der Waals surface area contributed by atoms with Crippen LogP contribution in [0.3, 0.4) is 0 Å². The minimum atomic E-state index is 0.194. The van der Waals surface area contributed by atoms with Crippen molar-refractivity contribution in [2.24, 2.45) is 5.41 Å². The minimum Gasteiger partial charge on any atom is -0.496 e. The molecule has 1 aromatic rings. The van der Waals surface area contributed by atoms with Crippen molar-refractivity contribution in [1.82, 2.24) is 5.32 Å². The molecule has 0 aliphatic heterocycles. The fourth-order valence-electron chi connectivity index (χ4n) is 3.00. The average molecular weight is 275 g/mol. The largest absolute Gasteiger partial charge is 0.496 e. The lowest BCUT2D eigenvalue weighted by Crippen LogP contribution is -2.48. The third-order valence-corrected chi connectivity index (χ3v) is 4.41. The molecule has 2 rings (SSSR count). The Morgan fingerprint density at radius 3 is 2.45 bits per heavy atom. The molecular formula is C18H29NO. The summed E-state index contributed by atoms with van der Waals surface area (Å²) in [5.41, 5.74) is 3.30. The van der Waals surface area contributed by atoms with Gasteiger partial charge in [-0.3, -0.25) is 0 Å². The summed E-state index contributed by atoms with van der Waals surface area (Å²) in [4.78, 5) is 0. The Bertz CT molecular complexity index is 455. The van der Waals surface area contributed by atoms with Crippen molar-refractivity contribution in [3.8, 4) is 5.75 Å². The highest BCUT2D eigenvalue weighted by atomic mass is 16.5. The van der Waals surface area contributed by atoms with Crippen molar-refractivity contribution in [3.63, 3.8) is 0 Å². The fourth-order valence-corrected chi connectivity index (χ4v) is 3.00. The Morgan fingerprint density at radius 1 is 1.25 bits per heavy atom. The number of hydrogen-bond donors (Lipinski definition) is 1. The summed E-state index contributed by atoms with van der Waals surface area (Å²) in [6.07, 6.45) is 5.14. The highest BCUT2D eigenvalue weighted by Crippen LogP contribution is 2.44. The fraction of sp³-hybridized carbons (Fsp3) is 0.667. The van der Waals surface area contributed by atoms with Crippen LogP contribution in [0.1, 0.15) is 51.2 Å². The van der Waals surface area contributed by atoms with Crippen molar-refractivity contribution in [2.75, 3.05) is 13.7 Å². The zero-order valence-corrected chi connectivity index (χ0v) is 13.7. The summed E-state index contributed by atoms with van der Waals surface area (Å²) in [7, 11) is 1.77. The molecule has 0 radical (unpaired) electrons. The predicted molar refractivity (Wildman–Crippen MR) is 85.5 cm³/mol. The molecule has 1 aliphatic rings. The van der Waals surface area contributed by atoms with Crippen LogP contribution in [-0.4, -0.2) is 19.2 Å². The Kier molecular flexibility index (Phi) is 4.43. The lowest BCUT2D eigenvalue weighted by atomic mass is 9.65. The molecule has 1 aromatic carbocycles. The summed E-state index contributed by atoms with van der Waals surface area (Å²) in [6.45, 7) is 9.99. The predicted octanol–water partition coefficient (Wildman–Crippen LogP) is 4.10. The molecule has 0 atom stereocenters. The maximum atomic E-state index is 5.54. The van der Waals surface area contributed by atoms with Crippen LogP contribution in [0.2, 0.25) is 0 Å². The first-order chi connectivity index (χ1) is 9.34. The van der Waals surface area contributed by atoms with Crippen molar-refractivity contribution in [2.45, 2.75) is 58.9 Å². The third-order valence-electron chi connectivity index (χ3n) is 4.41. The zero-order valence-electron chi connectivity index (χ0n) is 13.7. The number of methoxy groups -OCH3 is 1. The van der Waals surface area contributed by atoms with Crippen molar-refractivity contribution >= 4 is 0 Å². The SMILES string of the molecule is COc1ccc(C)cc1CC1(CNC(C)(C)C)CCC1. The first-order valence-corrected chi connectivity index (χ1v) is 7.72. The van der Waals surface area contributed by atoms with E-state index >= 15 is 0 Å². The van der Waals surface area contributed by atoms with Crippen LogP contribution in [0, 0.1) is 12.3 Å². The Balaban J connectivity index is 2.12. The van der Waals surface area contributed by atoms with Gasteiger partial charge in [0.2, 0.25) is 0 Å². The van der Waals surface area contributed by atoms with Crippen LogP contribution in [0.15, 0.2) is 18.2 Å². The lowest BCUT2D eigenvalue weighted by molar-refractivity contribution is 0.117. The summed E-state index contributed by atoms with van der Waals surface area (Å²) in [6, 6.07) is 6.52. The zero-order chi connectivity index (χ0) is 14.8. The Labute approximate surface area is 123 Å². The smallest absolute Gasteiger partial charge is 0.122 e. The van der Waals surface area contributed by atoms with Crippen molar-refractivity contribution in [1.29, 1.82) is 0 Å². The number of hydrogen-bond acceptors (Lipinski definition) is 2. The van der Waals surface area contributed by atoms with Crippen LogP contribution in [0.4, 0.5) is 0 Å². The molecule has 0 aromatic heterocycles. The van der Waals surface area contributed by atoms with Gasteiger partial charge in [-0.2, -0.15) is 0 Å². The first-order valence-electron chi connectivity index (χ1n) is 7.72. The van der Waals surface area contributed by atoms with E-state index in [1.54, 1.807) is 7.11 Å². The molecule has 1 aliphatic carbocycles. The van der Waals surface area contributed by atoms with E-state index in [-0.39, 0.29) is 5.54 Å². The molecule has 2 nitrogen and oxygen atoms in total. The van der Waals surface area contributed by atoms with E-state index in [0.717, 1.165) is 18.7 Å². The van der Waals surface area contributed by atoms with Gasteiger partial charge in [0.25, 0.3) is 0 Å². The van der Waals surface area contributed by atoms with E-state index in [4.69, 9.17) is 4.74 Å². The molecule has 0 heterocycles. The van der Waals surface area contributed by atoms with Crippen molar-refractivity contribution in [3.05, 3.63) is 29.3 Å². The van der Waals surface area contributed by atoms with Crippen molar-refractivity contribution < 1.29 is 4.74 Å². The second-order valence-corrected chi connectivity index (χ2v) is 7.45. The first kappa shape index (κ1) is 15.4. The van der Waals surface area contributed by atoms with Gasteiger partial charge in [-0.1, -0.05) is 24.1 Å². The third kappa shape index (κ3) is 3.76. The van der Waals surface area contributed by atoms with E-state index in [2.05, 4.69) is 51.2 Å². The topological polar surface area (TPSA) is 21.3 Å². The van der Waals surface area contributed by atoms with Crippen LogP contribution in [0.25, 0.3) is 0 Å². The van der Waals surface area contributed by atoms with Gasteiger partial charge in [0.1, 0.15) is 5.75 Å². The van der Waals surface area contributed by atoms with E-state index in [1.165, 1.54) is 30.4 Å². The molecule has 112 valence electrons. The minimum absolute atomic E-state index is 0.194. The van der Waals surface area contributed by atoms with Gasteiger partial charge in [0, 0.05) is 12.1 Å². The highest BCUT2D eigenvalue weighted by Gasteiger charge is 2.38. The maximum absolute atomic E-state index is 5.54. The molecule has 0 spiro atoms. The molecule has 0 bridgehead atoms. The summed E-state index contributed by atoms with van der Waals surface area (Å²) >= 11 is 0. The maximum Gasteiger partial charge on any atom is 0.122 e. The van der Waals surface area contributed by atoms with E-state index in [0.29, 0.717) is 5.41 Å². The monoisotopic (exact) mass is 275 g/mol. The van der Waals surface area contributed by atoms with E-state index < -0.39 is 0 Å². The van der Waals surface area contributed by atoms with Crippen LogP contribution in [0.5, 0.6) is 5.75 Å². The molecule has 0 unspecified atom stereocenters. The molecule has 0 saturated heterocycles. The molecule has 2 heteroatoms. The second kappa shape index (κ2) is 5.77. The normalized spacial score (nSPS) is 17.6. The summed E-state index contributed by atoms with van der Waals surface area (Å²) in [5, 5.41) is 3.70. The molecule has 0 amide bonds. The molecule has 1 N–H and O–H groups in total. The van der Waals surface area contributed by atoms with Gasteiger partial charge in [-0.25, -0.2) is 0 Å². The molecule has 20 heavy (non-hydrogen) atoms. The van der Waals surface area contributed by atoms with Crippen LogP contribution < -0.4 is 10.1 Å². The molecule has 1 fully saturated rings. The van der Waals surface area contributed by atoms with Gasteiger partial charge in [0.15, 0.2) is 0 Å². The Morgan fingerprint density at radius 2 is 1.95 bits per heavy atom. The van der Waals surface area contributed by atoms with Gasteiger partial charge >= 0.3 is 0 Å². The second-order valence-electron chi connectivity index (χ2n) is 7.45. The molecule has 1 saturated carbocycles. The highest BCUT2D eigenvalue weighted by molar-refractivity contribution is 5.38. The Hall–Kier alpha value is -1.02. The standard InChI is InChI=1S/C18H29NO/c1-14-7-8-16(20-5)15(11-14)12-18(9-6-10-18)13-19-17(2,3)4/h7-8,11,19H,6,9-10,12-13H2,1-5H3.